The lowest BCUT2D eigenvalue weighted by molar-refractivity contribution is 0.243. The maximum Gasteiger partial charge on any atom is 0.319 e. The summed E-state index contributed by atoms with van der Waals surface area (Å²) in [4.78, 5) is 12.1. The van der Waals surface area contributed by atoms with Crippen LogP contribution in [-0.2, 0) is 6.42 Å². The summed E-state index contributed by atoms with van der Waals surface area (Å²) >= 11 is 0. The number of allylic oxidation sites excluding steroid dienone is 1. The Hall–Kier alpha value is -2.28. The molecule has 4 heteroatoms. The van der Waals surface area contributed by atoms with Crippen molar-refractivity contribution in [3.8, 4) is 6.07 Å². The van der Waals surface area contributed by atoms with Crippen LogP contribution in [-0.4, -0.2) is 12.6 Å². The second-order valence-electron chi connectivity index (χ2n) is 6.81. The van der Waals surface area contributed by atoms with Crippen LogP contribution in [0.3, 0.4) is 0 Å². The van der Waals surface area contributed by atoms with Gasteiger partial charge in [-0.15, -0.1) is 0 Å². The summed E-state index contributed by atoms with van der Waals surface area (Å²) in [7, 11) is 0. The van der Waals surface area contributed by atoms with E-state index in [1.807, 2.05) is 45.9 Å². The van der Waals surface area contributed by atoms with E-state index in [1.54, 1.807) is 0 Å². The average Bonchev–Trinajstić information content (AvgIpc) is 2.44. The number of nitrogens with one attached hydrogen (secondary N) is 2. The average molecular weight is 297 g/mol. The molecule has 0 fully saturated rings. The zero-order chi connectivity index (χ0) is 16.3. The number of urea groups is 1. The highest BCUT2D eigenvalue weighted by molar-refractivity contribution is 5.89. The first-order valence-electron chi connectivity index (χ1n) is 7.63. The van der Waals surface area contributed by atoms with E-state index in [-0.39, 0.29) is 11.4 Å². The third-order valence-corrected chi connectivity index (χ3v) is 3.87. The van der Waals surface area contributed by atoms with Gasteiger partial charge in [-0.1, -0.05) is 52.0 Å². The molecule has 0 unspecified atom stereocenters. The number of benzene rings is 1. The Kier molecular flexibility index (Phi) is 4.56. The van der Waals surface area contributed by atoms with Crippen LogP contribution in [0.2, 0.25) is 0 Å². The fourth-order valence-electron chi connectivity index (χ4n) is 2.75. The fraction of sp³-hybridized carbons (Fsp3) is 0.444. The minimum absolute atomic E-state index is 0.260. The second-order valence-corrected chi connectivity index (χ2v) is 6.81. The molecule has 0 aromatic heterocycles. The van der Waals surface area contributed by atoms with Gasteiger partial charge in [-0.3, -0.25) is 0 Å². The van der Waals surface area contributed by atoms with E-state index < -0.39 is 0 Å². The summed E-state index contributed by atoms with van der Waals surface area (Å²) in [5, 5.41) is 15.3. The quantitative estimate of drug-likeness (QED) is 0.897. The van der Waals surface area contributed by atoms with Crippen LogP contribution in [0.5, 0.6) is 0 Å². The van der Waals surface area contributed by atoms with Gasteiger partial charge in [0.15, 0.2) is 0 Å². The molecule has 0 spiro atoms. The van der Waals surface area contributed by atoms with Crippen molar-refractivity contribution in [2.75, 3.05) is 6.54 Å². The smallest absolute Gasteiger partial charge is 0.319 e. The molecule has 4 nitrogen and oxygen atoms in total. The monoisotopic (exact) mass is 297 g/mol. The Morgan fingerprint density at radius 2 is 2.05 bits per heavy atom. The molecule has 2 rings (SSSR count). The number of rotatable bonds is 3. The Bertz CT molecular complexity index is 651. The Balaban J connectivity index is 2.37. The lowest BCUT2D eigenvalue weighted by Gasteiger charge is -2.33. The van der Waals surface area contributed by atoms with Gasteiger partial charge >= 0.3 is 6.03 Å². The van der Waals surface area contributed by atoms with Gasteiger partial charge in [-0.05, 0) is 17.9 Å². The summed E-state index contributed by atoms with van der Waals surface area (Å²) in [6, 6.07) is 9.96. The van der Waals surface area contributed by atoms with Crippen LogP contribution in [0, 0.1) is 22.7 Å². The van der Waals surface area contributed by atoms with E-state index in [2.05, 4.69) is 22.8 Å². The lowest BCUT2D eigenvalue weighted by Crippen LogP contribution is -2.39. The second kappa shape index (κ2) is 6.23. The van der Waals surface area contributed by atoms with Crippen molar-refractivity contribution in [1.29, 1.82) is 5.26 Å². The normalized spacial score (nSPS) is 16.0. The number of hydrogen-bond acceptors (Lipinski definition) is 2. The molecule has 0 saturated heterocycles. The highest BCUT2D eigenvalue weighted by atomic mass is 16.2. The summed E-state index contributed by atoms with van der Waals surface area (Å²) in [6.07, 6.45) is 0.796. The molecular formula is C18H23N3O. The Labute approximate surface area is 132 Å². The Morgan fingerprint density at radius 3 is 2.68 bits per heavy atom. The molecule has 1 aromatic rings. The minimum atomic E-state index is -0.288. The van der Waals surface area contributed by atoms with E-state index in [9.17, 15) is 10.1 Å². The van der Waals surface area contributed by atoms with E-state index in [0.29, 0.717) is 23.7 Å². The SMILES string of the molecule is CC(C)CNC(=O)NC1=C(C#N)C(C)(C)Cc2ccccc21. The summed E-state index contributed by atoms with van der Waals surface area (Å²) in [5.74, 6) is 0.380. The molecule has 2 N–H and O–H groups in total. The summed E-state index contributed by atoms with van der Waals surface area (Å²) < 4.78 is 0. The van der Waals surface area contributed by atoms with E-state index >= 15 is 0 Å². The van der Waals surface area contributed by atoms with Gasteiger partial charge in [0.2, 0.25) is 0 Å². The minimum Gasteiger partial charge on any atom is -0.338 e. The molecule has 0 radical (unpaired) electrons. The van der Waals surface area contributed by atoms with Gasteiger partial charge < -0.3 is 10.6 Å². The van der Waals surface area contributed by atoms with Gasteiger partial charge in [-0.25, -0.2) is 4.79 Å². The van der Waals surface area contributed by atoms with Crippen molar-refractivity contribution in [3.63, 3.8) is 0 Å². The molecule has 22 heavy (non-hydrogen) atoms. The number of amides is 2. The van der Waals surface area contributed by atoms with Crippen molar-refractivity contribution in [2.45, 2.75) is 34.1 Å². The molecule has 0 heterocycles. The van der Waals surface area contributed by atoms with Crippen LogP contribution < -0.4 is 10.6 Å². The number of carbonyl (C=O) groups is 1. The maximum absolute atomic E-state index is 12.1. The first kappa shape index (κ1) is 16.1. The van der Waals surface area contributed by atoms with Crippen molar-refractivity contribution in [2.24, 2.45) is 11.3 Å². The summed E-state index contributed by atoms with van der Waals surface area (Å²) in [6.45, 7) is 8.76. The van der Waals surface area contributed by atoms with Crippen molar-refractivity contribution >= 4 is 11.7 Å². The molecule has 0 atom stereocenters. The largest absolute Gasteiger partial charge is 0.338 e. The number of nitrogens with zero attached hydrogens (tertiary/aromatic N) is 1. The topological polar surface area (TPSA) is 64.9 Å². The molecule has 0 saturated carbocycles. The first-order chi connectivity index (χ1) is 10.3. The molecule has 1 aromatic carbocycles. The molecule has 1 aliphatic carbocycles. The zero-order valence-corrected chi connectivity index (χ0v) is 13.7. The zero-order valence-electron chi connectivity index (χ0n) is 13.7. The number of hydrogen-bond donors (Lipinski definition) is 2. The van der Waals surface area contributed by atoms with E-state index in [0.717, 1.165) is 17.5 Å². The van der Waals surface area contributed by atoms with Crippen LogP contribution in [0.1, 0.15) is 38.8 Å². The molecule has 0 bridgehead atoms. The first-order valence-corrected chi connectivity index (χ1v) is 7.63. The number of carbonyl (C=O) groups excluding carboxylic acids is 1. The lowest BCUT2D eigenvalue weighted by atomic mass is 9.72. The van der Waals surface area contributed by atoms with Crippen LogP contribution in [0.15, 0.2) is 29.8 Å². The third kappa shape index (κ3) is 3.30. The van der Waals surface area contributed by atoms with Crippen molar-refractivity contribution in [3.05, 3.63) is 41.0 Å². The Morgan fingerprint density at radius 1 is 1.36 bits per heavy atom. The highest BCUT2D eigenvalue weighted by Crippen LogP contribution is 2.41. The van der Waals surface area contributed by atoms with E-state index in [4.69, 9.17) is 0 Å². The van der Waals surface area contributed by atoms with E-state index in [1.165, 1.54) is 0 Å². The predicted molar refractivity (Wildman–Crippen MR) is 87.8 cm³/mol. The summed E-state index contributed by atoms with van der Waals surface area (Å²) in [5.41, 5.74) is 3.08. The number of nitriles is 1. The number of fused-ring (bicyclic) bond motifs is 1. The molecule has 1 aliphatic rings. The van der Waals surface area contributed by atoms with Gasteiger partial charge in [0.1, 0.15) is 0 Å². The maximum atomic E-state index is 12.1. The fourth-order valence-corrected chi connectivity index (χ4v) is 2.75. The van der Waals surface area contributed by atoms with Gasteiger partial charge in [-0.2, -0.15) is 5.26 Å². The highest BCUT2D eigenvalue weighted by Gasteiger charge is 2.34. The van der Waals surface area contributed by atoms with Gasteiger partial charge in [0, 0.05) is 17.5 Å². The molecule has 2 amide bonds. The standard InChI is InChI=1S/C18H23N3O/c1-12(2)11-20-17(22)21-16-14-8-6-5-7-13(14)9-18(3,4)15(16)10-19/h5-8,12H,9,11H2,1-4H3,(H2,20,21,22). The predicted octanol–water partition coefficient (Wildman–Crippen LogP) is 3.46. The van der Waals surface area contributed by atoms with Gasteiger partial charge in [0.25, 0.3) is 0 Å². The molecular weight excluding hydrogens is 274 g/mol. The molecule has 116 valence electrons. The van der Waals surface area contributed by atoms with Crippen LogP contribution in [0.4, 0.5) is 4.79 Å². The van der Waals surface area contributed by atoms with Gasteiger partial charge in [0.05, 0.1) is 17.3 Å². The third-order valence-electron chi connectivity index (χ3n) is 3.87. The van der Waals surface area contributed by atoms with Crippen LogP contribution >= 0.6 is 0 Å². The molecule has 0 aliphatic heterocycles. The van der Waals surface area contributed by atoms with Crippen molar-refractivity contribution < 1.29 is 4.79 Å². The van der Waals surface area contributed by atoms with Crippen molar-refractivity contribution in [1.82, 2.24) is 10.6 Å². The van der Waals surface area contributed by atoms with Crippen LogP contribution in [0.25, 0.3) is 5.70 Å².